The maximum Gasteiger partial charge on any atom is 0.328 e. The Hall–Kier alpha value is -2.80. The van der Waals surface area contributed by atoms with Crippen molar-refractivity contribution in [1.82, 2.24) is 0 Å². The van der Waals surface area contributed by atoms with Crippen molar-refractivity contribution in [2.24, 2.45) is 0 Å². The molecule has 2 aromatic carbocycles. The molecule has 2 N–H and O–H groups in total. The van der Waals surface area contributed by atoms with Crippen molar-refractivity contribution in [1.29, 1.82) is 0 Å². The Balaban J connectivity index is 2.06. The molecular weight excluding hydrogens is 402 g/mol. The average Bonchev–Trinajstić information content (AvgIpc) is 2.60. The van der Waals surface area contributed by atoms with Gasteiger partial charge in [-0.25, -0.2) is 4.79 Å². The van der Waals surface area contributed by atoms with Gasteiger partial charge in [0, 0.05) is 16.2 Å². The molecule has 0 radical (unpaired) electrons. The minimum Gasteiger partial charge on any atom is -0.493 e. The lowest BCUT2D eigenvalue weighted by molar-refractivity contribution is -0.131. The lowest BCUT2D eigenvalue weighted by Crippen LogP contribution is -2.20. The highest BCUT2D eigenvalue weighted by Crippen LogP contribution is 2.34. The number of methoxy groups -OCH3 is 1. The van der Waals surface area contributed by atoms with E-state index in [1.807, 2.05) is 31.2 Å². The highest BCUT2D eigenvalue weighted by atomic mass is 79.9. The Morgan fingerprint density at radius 2 is 1.88 bits per heavy atom. The van der Waals surface area contributed by atoms with Crippen LogP contribution in [0.5, 0.6) is 11.5 Å². The second-order valence-corrected chi connectivity index (χ2v) is 6.25. The highest BCUT2D eigenvalue weighted by molar-refractivity contribution is 9.10. The van der Waals surface area contributed by atoms with Crippen LogP contribution < -0.4 is 14.8 Å². The van der Waals surface area contributed by atoms with Crippen LogP contribution in [0.1, 0.15) is 11.1 Å². The summed E-state index contributed by atoms with van der Waals surface area (Å²) in [6.07, 6.45) is 2.46. The van der Waals surface area contributed by atoms with E-state index in [1.54, 1.807) is 12.1 Å². The smallest absolute Gasteiger partial charge is 0.328 e. The molecule has 6 nitrogen and oxygen atoms in total. The number of carboxylic acid groups (broad SMARTS) is 1. The van der Waals surface area contributed by atoms with Gasteiger partial charge in [-0.1, -0.05) is 33.6 Å². The van der Waals surface area contributed by atoms with Crippen LogP contribution in [0.3, 0.4) is 0 Å². The molecule has 0 saturated carbocycles. The van der Waals surface area contributed by atoms with Crippen LogP contribution in [-0.4, -0.2) is 30.7 Å². The van der Waals surface area contributed by atoms with Crippen molar-refractivity contribution in [2.75, 3.05) is 19.0 Å². The number of carbonyl (C=O) groups excluding carboxylic acids is 1. The van der Waals surface area contributed by atoms with Gasteiger partial charge in [-0.3, -0.25) is 4.79 Å². The topological polar surface area (TPSA) is 84.9 Å². The highest BCUT2D eigenvalue weighted by Gasteiger charge is 2.11. The number of anilines is 1. The Morgan fingerprint density at radius 1 is 1.19 bits per heavy atom. The summed E-state index contributed by atoms with van der Waals surface area (Å²) >= 11 is 3.35. The number of aliphatic carboxylic acids is 1. The first-order valence-corrected chi connectivity index (χ1v) is 8.46. The van der Waals surface area contributed by atoms with E-state index in [2.05, 4.69) is 21.2 Å². The summed E-state index contributed by atoms with van der Waals surface area (Å²) in [6.45, 7) is 1.77. The van der Waals surface area contributed by atoms with E-state index < -0.39 is 5.97 Å². The third-order valence-corrected chi connectivity index (χ3v) is 4.07. The normalized spacial score (nSPS) is 10.6. The molecule has 0 fully saturated rings. The predicted octanol–water partition coefficient (Wildman–Crippen LogP) is 3.88. The van der Waals surface area contributed by atoms with Crippen LogP contribution in [-0.2, 0) is 9.59 Å². The van der Waals surface area contributed by atoms with Crippen molar-refractivity contribution in [3.8, 4) is 11.5 Å². The fourth-order valence-corrected chi connectivity index (χ4v) is 2.54. The molecule has 2 aromatic rings. The van der Waals surface area contributed by atoms with Crippen LogP contribution >= 0.6 is 15.9 Å². The first-order valence-electron chi connectivity index (χ1n) is 7.67. The van der Waals surface area contributed by atoms with E-state index in [0.29, 0.717) is 27.2 Å². The number of carbonyl (C=O) groups is 2. The summed E-state index contributed by atoms with van der Waals surface area (Å²) in [4.78, 5) is 22.7. The minimum absolute atomic E-state index is 0.193. The summed E-state index contributed by atoms with van der Waals surface area (Å²) in [6, 6.07) is 10.7. The van der Waals surface area contributed by atoms with Crippen molar-refractivity contribution >= 4 is 39.6 Å². The van der Waals surface area contributed by atoms with E-state index in [9.17, 15) is 9.59 Å². The molecule has 0 unspecified atom stereocenters. The number of carboxylic acids is 1. The van der Waals surface area contributed by atoms with E-state index in [1.165, 1.54) is 13.2 Å². The number of halogens is 1. The first-order chi connectivity index (χ1) is 12.4. The van der Waals surface area contributed by atoms with Crippen molar-refractivity contribution < 1.29 is 24.2 Å². The SMILES string of the molecule is COc1cc(/C=C/C(=O)O)c(Br)cc1OCC(=O)Nc1ccc(C)cc1. The number of nitrogens with one attached hydrogen (secondary N) is 1. The Labute approximate surface area is 159 Å². The van der Waals surface area contributed by atoms with Crippen LogP contribution in [0.25, 0.3) is 6.08 Å². The third kappa shape index (κ3) is 5.63. The lowest BCUT2D eigenvalue weighted by Gasteiger charge is -2.13. The number of hydrogen-bond donors (Lipinski definition) is 2. The second-order valence-electron chi connectivity index (χ2n) is 5.40. The minimum atomic E-state index is -1.05. The molecule has 0 atom stereocenters. The molecule has 0 aliphatic heterocycles. The van der Waals surface area contributed by atoms with E-state index in [-0.39, 0.29) is 12.5 Å². The Morgan fingerprint density at radius 3 is 2.50 bits per heavy atom. The average molecular weight is 420 g/mol. The zero-order valence-corrected chi connectivity index (χ0v) is 15.9. The fourth-order valence-electron chi connectivity index (χ4n) is 2.09. The number of amides is 1. The van der Waals surface area contributed by atoms with Gasteiger partial charge in [0.1, 0.15) is 0 Å². The predicted molar refractivity (Wildman–Crippen MR) is 103 cm³/mol. The van der Waals surface area contributed by atoms with Gasteiger partial charge in [0.25, 0.3) is 5.91 Å². The first kappa shape index (κ1) is 19.5. The standard InChI is InChI=1S/C19H18BrNO5/c1-12-3-6-14(7-4-12)21-18(22)11-26-17-10-15(20)13(5-8-19(23)24)9-16(17)25-2/h3-10H,11H2,1-2H3,(H,21,22)(H,23,24)/b8-5+. The van der Waals surface area contributed by atoms with Gasteiger partial charge in [-0.15, -0.1) is 0 Å². The van der Waals surface area contributed by atoms with Gasteiger partial charge in [0.15, 0.2) is 18.1 Å². The molecular formula is C19H18BrNO5. The van der Waals surface area contributed by atoms with E-state index in [4.69, 9.17) is 14.6 Å². The van der Waals surface area contributed by atoms with Crippen LogP contribution in [0.15, 0.2) is 46.9 Å². The van der Waals surface area contributed by atoms with Crippen molar-refractivity contribution in [3.05, 3.63) is 58.1 Å². The fraction of sp³-hybridized carbons (Fsp3) is 0.158. The van der Waals surface area contributed by atoms with Gasteiger partial charge in [-0.2, -0.15) is 0 Å². The van der Waals surface area contributed by atoms with E-state index in [0.717, 1.165) is 11.6 Å². The molecule has 0 aliphatic carbocycles. The maximum atomic E-state index is 12.0. The summed E-state index contributed by atoms with van der Waals surface area (Å²) in [5.41, 5.74) is 2.40. The monoisotopic (exact) mass is 419 g/mol. The quantitative estimate of drug-likeness (QED) is 0.665. The summed E-state index contributed by atoms with van der Waals surface area (Å²) in [5, 5.41) is 11.5. The summed E-state index contributed by atoms with van der Waals surface area (Å²) in [7, 11) is 1.47. The van der Waals surface area contributed by atoms with Crippen LogP contribution in [0.2, 0.25) is 0 Å². The van der Waals surface area contributed by atoms with E-state index >= 15 is 0 Å². The van der Waals surface area contributed by atoms with Gasteiger partial charge in [-0.05, 0) is 42.8 Å². The van der Waals surface area contributed by atoms with Gasteiger partial charge in [0.05, 0.1) is 7.11 Å². The number of rotatable bonds is 7. The molecule has 136 valence electrons. The number of aryl methyl sites for hydroxylation is 1. The van der Waals surface area contributed by atoms with Gasteiger partial charge < -0.3 is 19.9 Å². The Kier molecular flexibility index (Phi) is 6.80. The molecule has 0 saturated heterocycles. The summed E-state index contributed by atoms with van der Waals surface area (Å²) < 4.78 is 11.4. The number of hydrogen-bond acceptors (Lipinski definition) is 4. The van der Waals surface area contributed by atoms with Crippen molar-refractivity contribution in [3.63, 3.8) is 0 Å². The second kappa shape index (κ2) is 9.05. The molecule has 0 bridgehead atoms. The molecule has 2 rings (SSSR count). The molecule has 1 amide bonds. The Bertz CT molecular complexity index is 831. The third-order valence-electron chi connectivity index (χ3n) is 3.38. The zero-order chi connectivity index (χ0) is 19.1. The van der Waals surface area contributed by atoms with Crippen molar-refractivity contribution in [2.45, 2.75) is 6.92 Å². The van der Waals surface area contributed by atoms with Gasteiger partial charge in [0.2, 0.25) is 0 Å². The molecule has 0 heterocycles. The summed E-state index contributed by atoms with van der Waals surface area (Å²) in [5.74, 6) is -0.599. The maximum absolute atomic E-state index is 12.0. The molecule has 7 heteroatoms. The molecule has 26 heavy (non-hydrogen) atoms. The largest absolute Gasteiger partial charge is 0.493 e. The van der Waals surface area contributed by atoms with Gasteiger partial charge >= 0.3 is 5.97 Å². The van der Waals surface area contributed by atoms with Crippen LogP contribution in [0.4, 0.5) is 5.69 Å². The molecule has 0 aromatic heterocycles. The zero-order valence-electron chi connectivity index (χ0n) is 14.3. The van der Waals surface area contributed by atoms with Crippen LogP contribution in [0, 0.1) is 6.92 Å². The molecule has 0 aliphatic rings. The lowest BCUT2D eigenvalue weighted by atomic mass is 10.2. The number of benzene rings is 2. The number of ether oxygens (including phenoxy) is 2. The molecule has 0 spiro atoms.